The number of anilines is 1. The van der Waals surface area contributed by atoms with Crippen molar-refractivity contribution >= 4 is 11.8 Å². The highest BCUT2D eigenvalue weighted by Crippen LogP contribution is 2.28. The quantitative estimate of drug-likeness (QED) is 0.635. The Hall–Kier alpha value is -1.75. The number of carbonyl (C=O) groups excluding carboxylic acids is 1. The molecule has 2 aliphatic rings. The molecular weight excluding hydrogens is 340 g/mol. The van der Waals surface area contributed by atoms with Crippen LogP contribution < -0.4 is 10.1 Å². The summed E-state index contributed by atoms with van der Waals surface area (Å²) in [5.74, 6) is 0.839. The molecule has 0 aromatic heterocycles. The van der Waals surface area contributed by atoms with E-state index in [2.05, 4.69) is 17.1 Å². The third-order valence-electron chi connectivity index (χ3n) is 5.65. The second kappa shape index (κ2) is 10.5. The fourth-order valence-corrected chi connectivity index (χ4v) is 4.17. The average molecular weight is 375 g/mol. The van der Waals surface area contributed by atoms with E-state index in [1.807, 2.05) is 24.3 Å². The van der Waals surface area contributed by atoms with E-state index in [1.54, 1.807) is 0 Å². The Balaban J connectivity index is 1.46. The first-order valence-corrected chi connectivity index (χ1v) is 10.7. The van der Waals surface area contributed by atoms with E-state index in [9.17, 15) is 4.79 Å². The first kappa shape index (κ1) is 20.0. The summed E-state index contributed by atoms with van der Waals surface area (Å²) in [4.78, 5) is 14.9. The molecule has 0 spiro atoms. The van der Waals surface area contributed by atoms with E-state index in [4.69, 9.17) is 9.47 Å². The van der Waals surface area contributed by atoms with Crippen molar-refractivity contribution < 1.29 is 14.3 Å². The highest BCUT2D eigenvalue weighted by molar-refractivity contribution is 5.84. The van der Waals surface area contributed by atoms with E-state index in [0.717, 1.165) is 56.8 Å². The van der Waals surface area contributed by atoms with Gasteiger partial charge in [0.25, 0.3) is 0 Å². The molecule has 1 aliphatic heterocycles. The first-order valence-electron chi connectivity index (χ1n) is 10.7. The number of nitrogens with one attached hydrogen (secondary N) is 1. The lowest BCUT2D eigenvalue weighted by Crippen LogP contribution is -2.46. The molecule has 0 unspecified atom stereocenters. The molecule has 1 saturated carbocycles. The Labute approximate surface area is 163 Å². The van der Waals surface area contributed by atoms with Gasteiger partial charge in [-0.05, 0) is 75.9 Å². The third-order valence-corrected chi connectivity index (χ3v) is 5.65. The Bertz CT molecular complexity index is 569. The Morgan fingerprint density at radius 2 is 1.81 bits per heavy atom. The van der Waals surface area contributed by atoms with Gasteiger partial charge in [0.2, 0.25) is 0 Å². The molecule has 1 aromatic rings. The minimum Gasteiger partial charge on any atom is -0.494 e. The molecule has 1 amide bonds. The average Bonchev–Trinajstić information content (AvgIpc) is 3.21. The summed E-state index contributed by atoms with van der Waals surface area (Å²) in [6.45, 7) is 5.21. The molecule has 2 fully saturated rings. The van der Waals surface area contributed by atoms with Crippen molar-refractivity contribution in [2.45, 2.75) is 76.9 Å². The number of carbonyl (C=O) groups is 1. The van der Waals surface area contributed by atoms with Crippen molar-refractivity contribution in [3.05, 3.63) is 24.3 Å². The van der Waals surface area contributed by atoms with E-state index in [0.29, 0.717) is 6.04 Å². The van der Waals surface area contributed by atoms with Crippen molar-refractivity contribution in [1.82, 2.24) is 4.90 Å². The van der Waals surface area contributed by atoms with Crippen molar-refractivity contribution in [1.29, 1.82) is 0 Å². The Morgan fingerprint density at radius 3 is 2.56 bits per heavy atom. The Morgan fingerprint density at radius 1 is 1.07 bits per heavy atom. The number of amides is 1. The first-order chi connectivity index (χ1) is 13.3. The predicted octanol–water partition coefficient (Wildman–Crippen LogP) is 5.21. The summed E-state index contributed by atoms with van der Waals surface area (Å²) in [7, 11) is 0. The van der Waals surface area contributed by atoms with Crippen LogP contribution in [0.1, 0.15) is 64.7 Å². The van der Waals surface area contributed by atoms with Crippen LogP contribution in [-0.4, -0.2) is 42.8 Å². The lowest BCUT2D eigenvalue weighted by Gasteiger charge is -2.37. The molecule has 5 nitrogen and oxygen atoms in total. The monoisotopic (exact) mass is 374 g/mol. The lowest BCUT2D eigenvalue weighted by molar-refractivity contribution is 0.0176. The molecule has 1 aliphatic carbocycles. The van der Waals surface area contributed by atoms with Gasteiger partial charge in [-0.25, -0.2) is 4.79 Å². The van der Waals surface area contributed by atoms with Crippen molar-refractivity contribution in [3.8, 4) is 5.75 Å². The van der Waals surface area contributed by atoms with Crippen LogP contribution in [0.2, 0.25) is 0 Å². The summed E-state index contributed by atoms with van der Waals surface area (Å²) >= 11 is 0. The molecule has 1 N–H and O–H groups in total. The van der Waals surface area contributed by atoms with Crippen LogP contribution in [0.4, 0.5) is 10.5 Å². The number of rotatable bonds is 8. The highest BCUT2D eigenvalue weighted by atomic mass is 16.6. The maximum Gasteiger partial charge on any atom is 0.411 e. The summed E-state index contributed by atoms with van der Waals surface area (Å²) < 4.78 is 11.5. The van der Waals surface area contributed by atoms with Crippen molar-refractivity contribution in [2.75, 3.05) is 25.0 Å². The molecule has 0 bridgehead atoms. The van der Waals surface area contributed by atoms with Gasteiger partial charge >= 0.3 is 6.09 Å². The summed E-state index contributed by atoms with van der Waals surface area (Å²) in [5.41, 5.74) is 0.745. The molecule has 1 aromatic carbocycles. The molecule has 3 rings (SSSR count). The van der Waals surface area contributed by atoms with Crippen LogP contribution in [0.5, 0.6) is 5.75 Å². The van der Waals surface area contributed by atoms with Crippen molar-refractivity contribution in [3.63, 3.8) is 0 Å². The molecular formula is C22H34N2O3. The van der Waals surface area contributed by atoms with Gasteiger partial charge in [-0.15, -0.1) is 0 Å². The molecule has 0 radical (unpaired) electrons. The minimum atomic E-state index is -0.345. The largest absolute Gasteiger partial charge is 0.494 e. The van der Waals surface area contributed by atoms with E-state index < -0.39 is 0 Å². The second-order valence-electron chi connectivity index (χ2n) is 7.74. The zero-order valence-electron chi connectivity index (χ0n) is 16.6. The van der Waals surface area contributed by atoms with Crippen LogP contribution in [0.15, 0.2) is 24.3 Å². The lowest BCUT2D eigenvalue weighted by atomic mass is 9.91. The number of ether oxygens (including phenoxy) is 2. The van der Waals surface area contributed by atoms with E-state index in [1.165, 1.54) is 32.1 Å². The summed E-state index contributed by atoms with van der Waals surface area (Å²) in [5, 5.41) is 2.87. The van der Waals surface area contributed by atoms with E-state index >= 15 is 0 Å². The van der Waals surface area contributed by atoms with Gasteiger partial charge in [0.1, 0.15) is 11.9 Å². The van der Waals surface area contributed by atoms with Crippen LogP contribution >= 0.6 is 0 Å². The predicted molar refractivity (Wildman–Crippen MR) is 108 cm³/mol. The number of unbranched alkanes of at least 4 members (excludes halogenated alkanes) is 2. The molecule has 1 heterocycles. The molecule has 5 heteroatoms. The van der Waals surface area contributed by atoms with Gasteiger partial charge < -0.3 is 9.47 Å². The molecule has 2 atom stereocenters. The zero-order valence-corrected chi connectivity index (χ0v) is 16.6. The van der Waals surface area contributed by atoms with Gasteiger partial charge in [0.15, 0.2) is 0 Å². The Kier molecular flexibility index (Phi) is 7.81. The number of nitrogens with zero attached hydrogens (tertiary/aromatic N) is 1. The molecule has 150 valence electrons. The van der Waals surface area contributed by atoms with Gasteiger partial charge in [0, 0.05) is 11.7 Å². The number of likely N-dealkylation sites (tertiary alicyclic amines) is 1. The fourth-order valence-electron chi connectivity index (χ4n) is 4.17. The second-order valence-corrected chi connectivity index (χ2v) is 7.74. The van der Waals surface area contributed by atoms with Crippen LogP contribution in [0, 0.1) is 0 Å². The van der Waals surface area contributed by atoms with Crippen LogP contribution in [0.25, 0.3) is 0 Å². The fraction of sp³-hybridized carbons (Fsp3) is 0.682. The van der Waals surface area contributed by atoms with E-state index in [-0.39, 0.29) is 12.2 Å². The van der Waals surface area contributed by atoms with Gasteiger partial charge in [-0.3, -0.25) is 10.2 Å². The standard InChI is InChI=1S/C22H34N2O3/c1-2-3-8-17-26-19-13-11-18(12-14-19)23-22(25)27-21-10-5-4-9-20(21)24-15-6-7-16-24/h11-14,20-21H,2-10,15-17H2,1H3,(H,23,25)/t20-,21-/m1/s1. The van der Waals surface area contributed by atoms with Gasteiger partial charge in [-0.1, -0.05) is 26.2 Å². The third kappa shape index (κ3) is 6.13. The van der Waals surface area contributed by atoms with Gasteiger partial charge in [-0.2, -0.15) is 0 Å². The number of hydrogen-bond acceptors (Lipinski definition) is 4. The maximum atomic E-state index is 12.4. The van der Waals surface area contributed by atoms with Crippen LogP contribution in [-0.2, 0) is 4.74 Å². The zero-order chi connectivity index (χ0) is 18.9. The molecule has 1 saturated heterocycles. The maximum absolute atomic E-state index is 12.4. The van der Waals surface area contributed by atoms with Crippen molar-refractivity contribution in [2.24, 2.45) is 0 Å². The summed E-state index contributed by atoms with van der Waals surface area (Å²) in [6, 6.07) is 7.93. The number of hydrogen-bond donors (Lipinski definition) is 1. The molecule has 27 heavy (non-hydrogen) atoms. The topological polar surface area (TPSA) is 50.8 Å². The normalized spacial score (nSPS) is 23.1. The minimum absolute atomic E-state index is 0.0121. The smallest absolute Gasteiger partial charge is 0.411 e. The summed E-state index contributed by atoms with van der Waals surface area (Å²) in [6.07, 6.45) is 10.1. The van der Waals surface area contributed by atoms with Gasteiger partial charge in [0.05, 0.1) is 6.61 Å². The SMILES string of the molecule is CCCCCOc1ccc(NC(=O)O[C@@H]2CCCC[C@H]2N2CCCC2)cc1. The van der Waals surface area contributed by atoms with Crippen LogP contribution in [0.3, 0.4) is 0 Å². The highest BCUT2D eigenvalue weighted by Gasteiger charge is 2.34. The number of benzene rings is 1.